The van der Waals surface area contributed by atoms with Crippen LogP contribution in [-0.4, -0.2) is 56.5 Å². The van der Waals surface area contributed by atoms with E-state index in [1.807, 2.05) is 27.7 Å². The van der Waals surface area contributed by atoms with Crippen molar-refractivity contribution in [1.82, 2.24) is 10.2 Å². The second-order valence-electron chi connectivity index (χ2n) is 11.0. The SMILES string of the molecule is CC[C@H](C(=O)NC(C)(C)C)N(Cc1ccc(Cl)cc1)C(=O)CN(c1ccc2c(c1)OCCO2)S(=O)(=O)c1ccccc1. The van der Waals surface area contributed by atoms with Crippen LogP contribution in [0.2, 0.25) is 5.02 Å². The van der Waals surface area contributed by atoms with E-state index >= 15 is 0 Å². The van der Waals surface area contributed by atoms with Gasteiger partial charge >= 0.3 is 0 Å². The summed E-state index contributed by atoms with van der Waals surface area (Å²) in [5.74, 6) is -0.00418. The quantitative estimate of drug-likeness (QED) is 0.344. The lowest BCUT2D eigenvalue weighted by molar-refractivity contribution is -0.141. The molecule has 0 fully saturated rings. The van der Waals surface area contributed by atoms with Crippen LogP contribution in [0.1, 0.15) is 39.7 Å². The highest BCUT2D eigenvalue weighted by molar-refractivity contribution is 7.92. The Labute approximate surface area is 252 Å². The number of ether oxygens (including phenoxy) is 2. The number of amides is 2. The molecule has 0 bridgehead atoms. The molecule has 1 N–H and O–H groups in total. The highest BCUT2D eigenvalue weighted by Gasteiger charge is 2.35. The molecule has 0 saturated heterocycles. The van der Waals surface area contributed by atoms with Crippen molar-refractivity contribution < 1.29 is 27.5 Å². The Morgan fingerprint density at radius 2 is 1.60 bits per heavy atom. The third-order valence-electron chi connectivity index (χ3n) is 6.57. The summed E-state index contributed by atoms with van der Waals surface area (Å²) < 4.78 is 40.4. The zero-order valence-corrected chi connectivity index (χ0v) is 25.7. The first kappa shape index (κ1) is 31.2. The second-order valence-corrected chi connectivity index (χ2v) is 13.3. The summed E-state index contributed by atoms with van der Waals surface area (Å²) in [6.45, 7) is 7.61. The number of sulfonamides is 1. The van der Waals surface area contributed by atoms with Gasteiger partial charge in [0.2, 0.25) is 11.8 Å². The van der Waals surface area contributed by atoms with E-state index in [0.717, 1.165) is 9.87 Å². The summed E-state index contributed by atoms with van der Waals surface area (Å²) in [5, 5.41) is 3.49. The molecule has 1 aliphatic rings. The number of nitrogens with one attached hydrogen (secondary N) is 1. The number of halogens is 1. The van der Waals surface area contributed by atoms with Crippen LogP contribution in [0.25, 0.3) is 0 Å². The molecule has 224 valence electrons. The molecule has 0 spiro atoms. The molecular weight excluding hydrogens is 578 g/mol. The maximum absolute atomic E-state index is 14.2. The van der Waals surface area contributed by atoms with E-state index < -0.39 is 34.1 Å². The Morgan fingerprint density at radius 1 is 0.952 bits per heavy atom. The summed E-state index contributed by atoms with van der Waals surface area (Å²) in [7, 11) is -4.20. The van der Waals surface area contributed by atoms with Gasteiger partial charge in [0, 0.05) is 23.2 Å². The van der Waals surface area contributed by atoms with Crippen molar-refractivity contribution in [3.63, 3.8) is 0 Å². The van der Waals surface area contributed by atoms with Gasteiger partial charge < -0.3 is 19.7 Å². The fourth-order valence-corrected chi connectivity index (χ4v) is 6.15. The van der Waals surface area contributed by atoms with Crippen LogP contribution in [0.5, 0.6) is 11.5 Å². The highest BCUT2D eigenvalue weighted by atomic mass is 35.5. The van der Waals surface area contributed by atoms with Gasteiger partial charge in [0.15, 0.2) is 11.5 Å². The molecule has 0 radical (unpaired) electrons. The van der Waals surface area contributed by atoms with Gasteiger partial charge in [-0.2, -0.15) is 0 Å². The van der Waals surface area contributed by atoms with Gasteiger partial charge in [-0.3, -0.25) is 13.9 Å². The minimum Gasteiger partial charge on any atom is -0.486 e. The smallest absolute Gasteiger partial charge is 0.264 e. The van der Waals surface area contributed by atoms with Crippen LogP contribution < -0.4 is 19.1 Å². The number of benzene rings is 3. The number of fused-ring (bicyclic) bond motifs is 1. The number of carbonyl (C=O) groups is 2. The third-order valence-corrected chi connectivity index (χ3v) is 8.61. The fraction of sp³-hybridized carbons (Fsp3) is 0.355. The van der Waals surface area contributed by atoms with Crippen LogP contribution in [-0.2, 0) is 26.2 Å². The first-order valence-electron chi connectivity index (χ1n) is 13.7. The number of nitrogens with zero attached hydrogens (tertiary/aromatic N) is 2. The second kappa shape index (κ2) is 13.0. The Kier molecular flexibility index (Phi) is 9.68. The standard InChI is InChI=1S/C31H36ClN3O6S/c1-5-26(30(37)33-31(2,3)4)34(20-22-11-13-23(32)14-12-22)29(36)21-35(42(38,39)25-9-7-6-8-10-25)24-15-16-27-28(19-24)41-18-17-40-27/h6-16,19,26H,5,17-18,20-21H2,1-4H3,(H,33,37)/t26-/m1/s1. The average Bonchev–Trinajstić information content (AvgIpc) is 2.96. The van der Waals surface area contributed by atoms with E-state index in [4.69, 9.17) is 21.1 Å². The van der Waals surface area contributed by atoms with Gasteiger partial charge in [-0.05, 0) is 69.2 Å². The monoisotopic (exact) mass is 613 g/mol. The maximum Gasteiger partial charge on any atom is 0.264 e. The minimum absolute atomic E-state index is 0.0226. The van der Waals surface area contributed by atoms with Crippen molar-refractivity contribution in [2.75, 3.05) is 24.1 Å². The van der Waals surface area contributed by atoms with E-state index in [1.54, 1.807) is 60.7 Å². The van der Waals surface area contributed by atoms with Gasteiger partial charge in [-0.1, -0.05) is 48.9 Å². The molecule has 3 aromatic rings. The lowest BCUT2D eigenvalue weighted by Gasteiger charge is -2.35. The molecule has 4 rings (SSSR count). The molecule has 0 unspecified atom stereocenters. The molecule has 1 heterocycles. The number of hydrogen-bond donors (Lipinski definition) is 1. The van der Waals surface area contributed by atoms with Gasteiger partial charge in [0.05, 0.1) is 10.6 Å². The molecular formula is C31H36ClN3O6S. The zero-order valence-electron chi connectivity index (χ0n) is 24.2. The molecule has 2 amide bonds. The number of rotatable bonds is 10. The first-order valence-corrected chi connectivity index (χ1v) is 15.5. The minimum atomic E-state index is -4.20. The summed E-state index contributed by atoms with van der Waals surface area (Å²) in [6, 6.07) is 18.8. The highest BCUT2D eigenvalue weighted by Crippen LogP contribution is 2.36. The van der Waals surface area contributed by atoms with E-state index in [9.17, 15) is 18.0 Å². The predicted octanol–water partition coefficient (Wildman–Crippen LogP) is 5.03. The fourth-order valence-electron chi connectivity index (χ4n) is 4.59. The van der Waals surface area contributed by atoms with Crippen molar-refractivity contribution in [3.05, 3.63) is 83.4 Å². The topological polar surface area (TPSA) is 105 Å². The Morgan fingerprint density at radius 3 is 2.21 bits per heavy atom. The summed E-state index contributed by atoms with van der Waals surface area (Å²) >= 11 is 6.08. The largest absolute Gasteiger partial charge is 0.486 e. The van der Waals surface area contributed by atoms with Crippen LogP contribution in [0.3, 0.4) is 0 Å². The maximum atomic E-state index is 14.2. The molecule has 1 atom stereocenters. The van der Waals surface area contributed by atoms with Crippen molar-refractivity contribution in [2.45, 2.75) is 57.1 Å². The van der Waals surface area contributed by atoms with E-state index in [0.29, 0.717) is 36.2 Å². The number of anilines is 1. The third kappa shape index (κ3) is 7.54. The summed E-state index contributed by atoms with van der Waals surface area (Å²) in [5.41, 5.74) is 0.439. The molecule has 0 aliphatic carbocycles. The van der Waals surface area contributed by atoms with Crippen molar-refractivity contribution >= 4 is 39.1 Å². The first-order chi connectivity index (χ1) is 19.9. The number of hydrogen-bond acceptors (Lipinski definition) is 6. The predicted molar refractivity (Wildman–Crippen MR) is 162 cm³/mol. The van der Waals surface area contributed by atoms with E-state index in [2.05, 4.69) is 5.32 Å². The van der Waals surface area contributed by atoms with Crippen molar-refractivity contribution in [1.29, 1.82) is 0 Å². The Balaban J connectivity index is 1.76. The molecule has 1 aliphatic heterocycles. The molecule has 0 saturated carbocycles. The molecule has 11 heteroatoms. The van der Waals surface area contributed by atoms with Crippen LogP contribution in [0.4, 0.5) is 5.69 Å². The molecule has 0 aromatic heterocycles. The van der Waals surface area contributed by atoms with E-state index in [-0.39, 0.29) is 23.0 Å². The lowest BCUT2D eigenvalue weighted by Crippen LogP contribution is -2.55. The number of carbonyl (C=O) groups excluding carboxylic acids is 2. The molecule has 3 aromatic carbocycles. The van der Waals surface area contributed by atoms with Crippen LogP contribution in [0, 0.1) is 0 Å². The van der Waals surface area contributed by atoms with Gasteiger partial charge in [-0.25, -0.2) is 8.42 Å². The van der Waals surface area contributed by atoms with Crippen LogP contribution >= 0.6 is 11.6 Å². The normalized spacial score (nSPS) is 13.6. The molecule has 9 nitrogen and oxygen atoms in total. The van der Waals surface area contributed by atoms with Crippen molar-refractivity contribution in [3.8, 4) is 11.5 Å². The molecule has 42 heavy (non-hydrogen) atoms. The lowest BCUT2D eigenvalue weighted by atomic mass is 10.1. The Hall–Kier alpha value is -3.76. The summed E-state index contributed by atoms with van der Waals surface area (Å²) in [4.78, 5) is 29.1. The zero-order chi connectivity index (χ0) is 30.5. The van der Waals surface area contributed by atoms with Gasteiger partial charge in [-0.15, -0.1) is 0 Å². The van der Waals surface area contributed by atoms with Gasteiger partial charge in [0.25, 0.3) is 10.0 Å². The Bertz CT molecular complexity index is 1510. The van der Waals surface area contributed by atoms with Crippen molar-refractivity contribution in [2.24, 2.45) is 0 Å². The summed E-state index contributed by atoms with van der Waals surface area (Å²) in [6.07, 6.45) is 0.316. The average molecular weight is 614 g/mol. The van der Waals surface area contributed by atoms with E-state index in [1.165, 1.54) is 17.0 Å². The van der Waals surface area contributed by atoms with Gasteiger partial charge in [0.1, 0.15) is 25.8 Å². The van der Waals surface area contributed by atoms with Crippen LogP contribution in [0.15, 0.2) is 77.7 Å².